The van der Waals surface area contributed by atoms with Gasteiger partial charge in [-0.2, -0.15) is 0 Å². The summed E-state index contributed by atoms with van der Waals surface area (Å²) in [6, 6.07) is 10.3. The smallest absolute Gasteiger partial charge is 0.241 e. The Hall–Kier alpha value is -1.16. The Balaban J connectivity index is 1.89. The minimum atomic E-state index is 0.0485. The van der Waals surface area contributed by atoms with Crippen LogP contribution in [0.5, 0.6) is 0 Å². The lowest BCUT2D eigenvalue weighted by Crippen LogP contribution is -2.49. The van der Waals surface area contributed by atoms with Gasteiger partial charge in [0.1, 0.15) is 0 Å². The van der Waals surface area contributed by atoms with Crippen LogP contribution >= 0.6 is 12.6 Å². The van der Waals surface area contributed by atoms with Gasteiger partial charge in [0.25, 0.3) is 0 Å². The van der Waals surface area contributed by atoms with Crippen molar-refractivity contribution in [1.82, 2.24) is 10.7 Å². The molecule has 0 amide bonds. The van der Waals surface area contributed by atoms with Gasteiger partial charge in [-0.1, -0.05) is 30.8 Å². The zero-order valence-corrected chi connectivity index (χ0v) is 10.0. The first kappa shape index (κ1) is 10.0. The fourth-order valence-electron chi connectivity index (χ4n) is 2.54. The lowest BCUT2D eigenvalue weighted by atomic mass is 10.1. The van der Waals surface area contributed by atoms with Gasteiger partial charge in [0.05, 0.1) is 0 Å². The number of rotatable bonds is 1. The molecule has 1 spiro atoms. The summed E-state index contributed by atoms with van der Waals surface area (Å²) in [4.78, 5) is 0. The van der Waals surface area contributed by atoms with E-state index in [1.807, 2.05) is 22.9 Å². The van der Waals surface area contributed by atoms with Gasteiger partial charge in [0.2, 0.25) is 5.66 Å². The highest BCUT2D eigenvalue weighted by atomic mass is 32.1. The van der Waals surface area contributed by atoms with E-state index < -0.39 is 0 Å². The Morgan fingerprint density at radius 2 is 1.81 bits per heavy atom. The average molecular weight is 234 g/mol. The van der Waals surface area contributed by atoms with Gasteiger partial charge in [-0.3, -0.25) is 0 Å². The Labute approximate surface area is 101 Å². The Morgan fingerprint density at radius 1 is 1.12 bits per heavy atom. The minimum Gasteiger partial charge on any atom is -0.241 e. The van der Waals surface area contributed by atoms with Crippen molar-refractivity contribution in [3.63, 3.8) is 0 Å². The third-order valence-corrected chi connectivity index (χ3v) is 3.67. The topological polar surface area (TPSA) is 27.1 Å². The van der Waals surface area contributed by atoms with Gasteiger partial charge in [0, 0.05) is 12.8 Å². The molecule has 3 rings (SSSR count). The number of nitrogens with one attached hydrogen (secondary N) is 2. The predicted octanol–water partition coefficient (Wildman–Crippen LogP) is 1.99. The van der Waals surface area contributed by atoms with Gasteiger partial charge < -0.3 is 0 Å². The molecule has 1 aromatic carbocycles. The summed E-state index contributed by atoms with van der Waals surface area (Å²) in [6.07, 6.45) is 4.90. The van der Waals surface area contributed by atoms with Crippen LogP contribution in [-0.2, 0) is 0 Å². The molecular weight excluding hydrogens is 218 g/mol. The van der Waals surface area contributed by atoms with E-state index >= 15 is 0 Å². The van der Waals surface area contributed by atoms with Crippen molar-refractivity contribution in [2.24, 2.45) is 0 Å². The largest absolute Gasteiger partial charge is 0.333 e. The molecule has 0 radical (unpaired) electrons. The number of hydrogen-bond donors (Lipinski definition) is 3. The van der Waals surface area contributed by atoms with Gasteiger partial charge in [-0.15, -0.1) is 4.68 Å². The van der Waals surface area contributed by atoms with E-state index in [0.717, 1.165) is 10.9 Å². The number of benzene rings is 1. The summed E-state index contributed by atoms with van der Waals surface area (Å²) in [6.45, 7) is 0. The van der Waals surface area contributed by atoms with E-state index in [2.05, 4.69) is 35.5 Å². The van der Waals surface area contributed by atoms with Gasteiger partial charge in [-0.05, 0) is 25.0 Å². The molecule has 1 saturated carbocycles. The summed E-state index contributed by atoms with van der Waals surface area (Å²) in [7, 11) is 0. The highest BCUT2D eigenvalue weighted by Crippen LogP contribution is 2.31. The van der Waals surface area contributed by atoms with Crippen LogP contribution in [0.4, 0.5) is 5.69 Å². The molecule has 16 heavy (non-hydrogen) atoms. The van der Waals surface area contributed by atoms with Crippen molar-refractivity contribution in [3.8, 4) is 0 Å². The number of amidine groups is 1. The summed E-state index contributed by atoms with van der Waals surface area (Å²) in [5, 5.41) is 4.37. The lowest BCUT2D eigenvalue weighted by Gasteiger charge is -2.18. The Morgan fingerprint density at radius 3 is 2.50 bits per heavy atom. The Kier molecular flexibility index (Phi) is 2.32. The van der Waals surface area contributed by atoms with Gasteiger partial charge >= 0.3 is 5.17 Å². The standard InChI is InChI=1S/C12H15N3S/c16-11-13-12(8-4-5-9-12)14-15(11)10-6-2-1-3-7-10/h1-3,6-7,14H,4-5,8-9H2,(H,13,16)/p+1. The van der Waals surface area contributed by atoms with E-state index in [1.165, 1.54) is 25.7 Å². The van der Waals surface area contributed by atoms with Crippen molar-refractivity contribution in [2.45, 2.75) is 31.3 Å². The minimum absolute atomic E-state index is 0.0485. The highest BCUT2D eigenvalue weighted by molar-refractivity contribution is 7.96. The monoisotopic (exact) mass is 234 g/mol. The zero-order valence-electron chi connectivity index (χ0n) is 9.11. The third kappa shape index (κ3) is 1.57. The van der Waals surface area contributed by atoms with Crippen LogP contribution < -0.4 is 10.7 Å². The van der Waals surface area contributed by atoms with Crippen molar-refractivity contribution >= 4 is 23.5 Å². The fourth-order valence-corrected chi connectivity index (χ4v) is 2.92. The molecule has 0 bridgehead atoms. The molecule has 1 heterocycles. The van der Waals surface area contributed by atoms with Crippen molar-refractivity contribution in [3.05, 3.63) is 30.3 Å². The first-order valence-corrected chi connectivity index (χ1v) is 6.21. The van der Waals surface area contributed by atoms with Crippen LogP contribution in [0.15, 0.2) is 30.3 Å². The highest BCUT2D eigenvalue weighted by Gasteiger charge is 2.46. The van der Waals surface area contributed by atoms with E-state index in [-0.39, 0.29) is 5.66 Å². The summed E-state index contributed by atoms with van der Waals surface area (Å²) < 4.78 is 2.04. The molecule has 84 valence electrons. The average Bonchev–Trinajstić information content (AvgIpc) is 2.88. The molecule has 1 aromatic rings. The molecule has 0 unspecified atom stereocenters. The third-order valence-electron chi connectivity index (χ3n) is 3.36. The second-order valence-electron chi connectivity index (χ2n) is 4.52. The molecule has 1 fully saturated rings. The molecule has 2 aliphatic rings. The number of thiol groups is 1. The lowest BCUT2D eigenvalue weighted by molar-refractivity contribution is -0.508. The van der Waals surface area contributed by atoms with E-state index in [9.17, 15) is 0 Å². The SMILES string of the molecule is SC1=[N+](c2ccccc2)NC2(CCCC2)N1. The van der Waals surface area contributed by atoms with Crippen molar-refractivity contribution in [1.29, 1.82) is 0 Å². The molecule has 0 aromatic heterocycles. The molecule has 3 nitrogen and oxygen atoms in total. The summed E-state index contributed by atoms with van der Waals surface area (Å²) in [5.41, 5.74) is 4.72. The maximum absolute atomic E-state index is 4.52. The molecular formula is C12H16N3S+. The number of hydrazine groups is 1. The molecule has 0 saturated heterocycles. The number of para-hydroxylation sites is 1. The maximum Gasteiger partial charge on any atom is 0.333 e. The molecule has 1 aliphatic heterocycles. The Bertz CT molecular complexity index is 421. The van der Waals surface area contributed by atoms with E-state index in [0.29, 0.717) is 0 Å². The predicted molar refractivity (Wildman–Crippen MR) is 67.8 cm³/mol. The number of nitrogens with zero attached hydrogens (tertiary/aromatic N) is 1. The quantitative estimate of drug-likeness (QED) is 0.512. The van der Waals surface area contributed by atoms with Crippen LogP contribution in [0.2, 0.25) is 0 Å². The first-order valence-electron chi connectivity index (χ1n) is 5.76. The number of hydrazone groups is 1. The normalized spacial score (nSPS) is 22.3. The van der Waals surface area contributed by atoms with E-state index in [1.54, 1.807) is 0 Å². The molecule has 2 N–H and O–H groups in total. The van der Waals surface area contributed by atoms with Crippen LogP contribution in [0.25, 0.3) is 0 Å². The second kappa shape index (κ2) is 3.70. The second-order valence-corrected chi connectivity index (χ2v) is 4.94. The van der Waals surface area contributed by atoms with Crippen LogP contribution in [-0.4, -0.2) is 15.5 Å². The molecule has 1 aliphatic carbocycles. The molecule has 4 heteroatoms. The first-order chi connectivity index (χ1) is 7.79. The summed E-state index contributed by atoms with van der Waals surface area (Å²) >= 11 is 4.52. The fraction of sp³-hybridized carbons (Fsp3) is 0.417. The zero-order chi connectivity index (χ0) is 11.0. The maximum atomic E-state index is 4.52. The van der Waals surface area contributed by atoms with Crippen LogP contribution in [0.1, 0.15) is 25.7 Å². The van der Waals surface area contributed by atoms with Crippen LogP contribution in [0, 0.1) is 0 Å². The van der Waals surface area contributed by atoms with Crippen LogP contribution in [0.3, 0.4) is 0 Å². The number of hydrogen-bond acceptors (Lipinski definition) is 2. The molecule has 0 atom stereocenters. The van der Waals surface area contributed by atoms with Crippen molar-refractivity contribution in [2.75, 3.05) is 0 Å². The van der Waals surface area contributed by atoms with Gasteiger partial charge in [-0.25, -0.2) is 10.7 Å². The van der Waals surface area contributed by atoms with E-state index in [4.69, 9.17) is 0 Å². The van der Waals surface area contributed by atoms with Gasteiger partial charge in [0.15, 0.2) is 5.69 Å². The summed E-state index contributed by atoms with van der Waals surface area (Å²) in [5.74, 6) is 0. The van der Waals surface area contributed by atoms with Crippen molar-refractivity contribution < 1.29 is 4.68 Å².